The van der Waals surface area contributed by atoms with Gasteiger partial charge < -0.3 is 14.3 Å². The Balaban J connectivity index is 2.22. The number of phenols is 1. The smallest absolute Gasteiger partial charge is 0.336 e. The highest BCUT2D eigenvalue weighted by atomic mass is 16.5. The van der Waals surface area contributed by atoms with Gasteiger partial charge in [-0.05, 0) is 17.5 Å². The van der Waals surface area contributed by atoms with Gasteiger partial charge in [-0.1, -0.05) is 18.5 Å². The van der Waals surface area contributed by atoms with Crippen LogP contribution in [0.5, 0.6) is 11.5 Å². The molecule has 2 aromatic rings. The van der Waals surface area contributed by atoms with Crippen LogP contribution in [0.4, 0.5) is 0 Å². The number of hydrogen-bond acceptors (Lipinski definition) is 6. The molecule has 1 aliphatic heterocycles. The van der Waals surface area contributed by atoms with E-state index in [1.165, 1.54) is 12.1 Å². The van der Waals surface area contributed by atoms with E-state index in [0.29, 0.717) is 17.4 Å². The molecule has 8 heteroatoms. The summed E-state index contributed by atoms with van der Waals surface area (Å²) < 4.78 is 10.8. The van der Waals surface area contributed by atoms with Crippen LogP contribution in [0, 0.1) is 0 Å². The molecule has 0 bridgehead atoms. The molecule has 1 N–H and O–H groups in total. The van der Waals surface area contributed by atoms with Crippen molar-refractivity contribution in [2.24, 2.45) is 5.11 Å². The van der Waals surface area contributed by atoms with Gasteiger partial charge in [0.2, 0.25) is 0 Å². The van der Waals surface area contributed by atoms with Crippen molar-refractivity contribution >= 4 is 16.8 Å². The summed E-state index contributed by atoms with van der Waals surface area (Å²) in [6.07, 6.45) is 0.744. The first-order chi connectivity index (χ1) is 11.5. The van der Waals surface area contributed by atoms with Crippen molar-refractivity contribution in [3.63, 3.8) is 0 Å². The van der Waals surface area contributed by atoms with Crippen molar-refractivity contribution in [1.29, 1.82) is 0 Å². The van der Waals surface area contributed by atoms with Crippen molar-refractivity contribution in [2.75, 3.05) is 6.54 Å². The molecule has 0 saturated carbocycles. The summed E-state index contributed by atoms with van der Waals surface area (Å²) >= 11 is 0. The van der Waals surface area contributed by atoms with E-state index < -0.39 is 11.7 Å². The fourth-order valence-electron chi connectivity index (χ4n) is 2.96. The second kappa shape index (κ2) is 6.25. The number of ketones is 1. The number of Topliss-reactive ketones (excluding diaryl/α,β-unsaturated/α-hetero) is 1. The van der Waals surface area contributed by atoms with E-state index >= 15 is 0 Å². The molecule has 124 valence electrons. The zero-order valence-electron chi connectivity index (χ0n) is 13.0. The van der Waals surface area contributed by atoms with Gasteiger partial charge in [0.25, 0.3) is 0 Å². The van der Waals surface area contributed by atoms with Gasteiger partial charge in [-0.15, -0.1) is 0 Å². The van der Waals surface area contributed by atoms with E-state index in [2.05, 4.69) is 10.0 Å². The summed E-state index contributed by atoms with van der Waals surface area (Å²) in [6, 6.07) is 2.67. The lowest BCUT2D eigenvalue weighted by atomic mass is 9.95. The van der Waals surface area contributed by atoms with E-state index in [0.717, 1.165) is 6.42 Å². The van der Waals surface area contributed by atoms with E-state index in [9.17, 15) is 14.7 Å². The molecule has 1 aromatic heterocycles. The van der Waals surface area contributed by atoms with Crippen LogP contribution in [0.2, 0.25) is 0 Å². The third-order valence-electron chi connectivity index (χ3n) is 3.89. The molecule has 0 aliphatic carbocycles. The predicted octanol–water partition coefficient (Wildman–Crippen LogP) is 3.10. The van der Waals surface area contributed by atoms with Crippen LogP contribution in [0.1, 0.15) is 35.7 Å². The molecule has 24 heavy (non-hydrogen) atoms. The third-order valence-corrected chi connectivity index (χ3v) is 3.89. The second-order valence-corrected chi connectivity index (χ2v) is 5.59. The van der Waals surface area contributed by atoms with Crippen LogP contribution in [-0.2, 0) is 6.42 Å². The fraction of sp³-hybridized carbons (Fsp3) is 0.375. The summed E-state index contributed by atoms with van der Waals surface area (Å²) in [5, 5.41) is 14.1. The van der Waals surface area contributed by atoms with Gasteiger partial charge in [0.05, 0.1) is 11.9 Å². The van der Waals surface area contributed by atoms with E-state index in [1.807, 2.05) is 6.92 Å². The maximum absolute atomic E-state index is 12.5. The zero-order valence-corrected chi connectivity index (χ0v) is 13.0. The standard InChI is InChI=1S/C16H15N3O5/c1-2-3-8-4-13(22)24-16-14(8)11(21)6-12-15(16)10(20)5-9(23-12)7-18-19-17/h4,6,9,21H,2-3,5,7H2,1H3. The predicted molar refractivity (Wildman–Crippen MR) is 85.5 cm³/mol. The minimum atomic E-state index is -0.608. The van der Waals surface area contributed by atoms with Crippen LogP contribution in [-0.4, -0.2) is 23.5 Å². The van der Waals surface area contributed by atoms with Gasteiger partial charge >= 0.3 is 5.63 Å². The van der Waals surface area contributed by atoms with Gasteiger partial charge in [-0.2, -0.15) is 0 Å². The lowest BCUT2D eigenvalue weighted by Gasteiger charge is -2.25. The van der Waals surface area contributed by atoms with E-state index in [1.54, 1.807) is 0 Å². The SMILES string of the molecule is CCCc1cc(=O)oc2c3c(cc(O)c12)OC(CN=[N+]=[N-])CC3=O. The maximum Gasteiger partial charge on any atom is 0.336 e. The maximum atomic E-state index is 12.5. The number of fused-ring (bicyclic) bond motifs is 3. The van der Waals surface area contributed by atoms with Crippen molar-refractivity contribution < 1.29 is 19.1 Å². The molecule has 0 radical (unpaired) electrons. The first-order valence-corrected chi connectivity index (χ1v) is 7.58. The Morgan fingerprint density at radius 3 is 2.92 bits per heavy atom. The lowest BCUT2D eigenvalue weighted by molar-refractivity contribution is 0.0861. The molecule has 0 spiro atoms. The Bertz CT molecular complexity index is 927. The third kappa shape index (κ3) is 2.68. The van der Waals surface area contributed by atoms with Crippen LogP contribution >= 0.6 is 0 Å². The Hall–Kier alpha value is -2.99. The molecule has 0 saturated heterocycles. The Kier molecular flexibility index (Phi) is 4.14. The summed E-state index contributed by atoms with van der Waals surface area (Å²) in [6.45, 7) is 1.95. The topological polar surface area (TPSA) is 126 Å². The molecular weight excluding hydrogens is 314 g/mol. The minimum Gasteiger partial charge on any atom is -0.507 e. The molecule has 8 nitrogen and oxygen atoms in total. The summed E-state index contributed by atoms with van der Waals surface area (Å²) in [5.74, 6) is -0.268. The summed E-state index contributed by atoms with van der Waals surface area (Å²) in [4.78, 5) is 27.0. The molecule has 1 unspecified atom stereocenters. The highest BCUT2D eigenvalue weighted by Crippen LogP contribution is 2.40. The molecule has 3 rings (SSSR count). The van der Waals surface area contributed by atoms with Crippen LogP contribution in [0.3, 0.4) is 0 Å². The molecule has 0 fully saturated rings. The Morgan fingerprint density at radius 2 is 2.21 bits per heavy atom. The highest BCUT2D eigenvalue weighted by Gasteiger charge is 2.31. The van der Waals surface area contributed by atoms with Crippen molar-refractivity contribution in [3.8, 4) is 11.5 Å². The molecule has 1 aromatic carbocycles. The molecule has 2 heterocycles. The summed E-state index contributed by atoms with van der Waals surface area (Å²) in [7, 11) is 0. The first kappa shape index (κ1) is 15.9. The number of phenolic OH excluding ortho intramolecular Hbond substituents is 1. The van der Waals surface area contributed by atoms with Crippen LogP contribution in [0.25, 0.3) is 21.4 Å². The molecule has 1 atom stereocenters. The normalized spacial score (nSPS) is 16.4. The number of ether oxygens (including phenoxy) is 1. The number of aromatic hydroxyl groups is 1. The van der Waals surface area contributed by atoms with Crippen LogP contribution in [0.15, 0.2) is 26.5 Å². The van der Waals surface area contributed by atoms with Crippen LogP contribution < -0.4 is 10.4 Å². The minimum absolute atomic E-state index is 0.000299. The number of carbonyl (C=O) groups excluding carboxylic acids is 1. The average molecular weight is 329 g/mol. The first-order valence-electron chi connectivity index (χ1n) is 7.58. The number of aryl methyl sites for hydroxylation is 1. The summed E-state index contributed by atoms with van der Waals surface area (Å²) in [5.41, 5.74) is 8.63. The fourth-order valence-corrected chi connectivity index (χ4v) is 2.96. The van der Waals surface area contributed by atoms with E-state index in [-0.39, 0.29) is 41.4 Å². The number of hydrogen-bond donors (Lipinski definition) is 1. The second-order valence-electron chi connectivity index (χ2n) is 5.59. The number of carbonyl (C=O) groups is 1. The van der Waals surface area contributed by atoms with E-state index in [4.69, 9.17) is 14.7 Å². The number of azide groups is 1. The van der Waals surface area contributed by atoms with Gasteiger partial charge in [-0.3, -0.25) is 4.79 Å². The van der Waals surface area contributed by atoms with Crippen molar-refractivity contribution in [1.82, 2.24) is 0 Å². The lowest BCUT2D eigenvalue weighted by Crippen LogP contribution is -2.29. The molecule has 1 aliphatic rings. The quantitative estimate of drug-likeness (QED) is 0.399. The van der Waals surface area contributed by atoms with Gasteiger partial charge in [0, 0.05) is 23.5 Å². The largest absolute Gasteiger partial charge is 0.507 e. The van der Waals surface area contributed by atoms with Crippen molar-refractivity contribution in [2.45, 2.75) is 32.3 Å². The number of benzene rings is 1. The molecular formula is C16H15N3O5. The average Bonchev–Trinajstić information content (AvgIpc) is 2.52. The Labute approximate surface area is 136 Å². The number of nitrogens with zero attached hydrogens (tertiary/aromatic N) is 3. The zero-order chi connectivity index (χ0) is 17.3. The van der Waals surface area contributed by atoms with Crippen molar-refractivity contribution in [3.05, 3.63) is 44.1 Å². The van der Waals surface area contributed by atoms with Gasteiger partial charge in [0.1, 0.15) is 23.2 Å². The van der Waals surface area contributed by atoms with Gasteiger partial charge in [0.15, 0.2) is 11.4 Å². The number of rotatable bonds is 4. The molecule has 0 amide bonds. The van der Waals surface area contributed by atoms with Gasteiger partial charge in [-0.25, -0.2) is 4.79 Å². The monoisotopic (exact) mass is 329 g/mol. The highest BCUT2D eigenvalue weighted by molar-refractivity contribution is 6.11. The Morgan fingerprint density at radius 1 is 1.42 bits per heavy atom.